The van der Waals surface area contributed by atoms with Crippen molar-refractivity contribution < 1.29 is 28.8 Å². The third-order valence-electron chi connectivity index (χ3n) is 16.3. The predicted octanol–water partition coefficient (Wildman–Crippen LogP) is 11.6. The third kappa shape index (κ3) is 3.99. The molecule has 0 spiro atoms. The summed E-state index contributed by atoms with van der Waals surface area (Å²) < 4.78 is 0. The lowest BCUT2D eigenvalue weighted by Gasteiger charge is -2.53. The molecule has 0 fully saturated rings. The molecular formula is C56H42O6. The van der Waals surface area contributed by atoms with E-state index in [1.165, 1.54) is 69.8 Å². The Morgan fingerprint density at radius 2 is 0.484 bits per heavy atom. The number of carbonyl (C=O) groups excluding carboxylic acids is 6. The molecule has 0 saturated carbocycles. The Bertz CT molecular complexity index is 2820. The van der Waals surface area contributed by atoms with Gasteiger partial charge in [-0.2, -0.15) is 0 Å². The van der Waals surface area contributed by atoms with Gasteiger partial charge in [-0.15, -0.1) is 0 Å². The lowest BCUT2D eigenvalue weighted by atomic mass is 9.48. The molecule has 0 amide bonds. The fourth-order valence-corrected chi connectivity index (χ4v) is 14.2. The van der Waals surface area contributed by atoms with Gasteiger partial charge in [0.05, 0.1) is 0 Å². The normalized spacial score (nSPS) is 25.7. The van der Waals surface area contributed by atoms with Crippen molar-refractivity contribution in [3.05, 3.63) is 176 Å². The molecule has 0 atom stereocenters. The third-order valence-corrected chi connectivity index (χ3v) is 16.3. The summed E-state index contributed by atoms with van der Waals surface area (Å²) in [4.78, 5) is 80.0. The second-order valence-electron chi connectivity index (χ2n) is 18.7. The number of rotatable bonds is 6. The monoisotopic (exact) mass is 810 g/mol. The van der Waals surface area contributed by atoms with Crippen LogP contribution in [0.5, 0.6) is 0 Å². The average Bonchev–Trinajstić information content (AvgIpc) is 3.65. The van der Waals surface area contributed by atoms with Gasteiger partial charge in [-0.05, 0) is 194 Å². The Balaban J connectivity index is 1.29. The SMILES string of the molecule is CCCC12c3cc4cc5c(cc4cc3C3(CCC)c4cc6cc7c(cc6cc4C(CCC)(c4cc6cc8c(cc6cc41)C(=O)C=CC8=O)C23C)C(=O)C=CC7=O)C(=O)C=CC5=O. The second-order valence-corrected chi connectivity index (χ2v) is 18.7. The van der Waals surface area contributed by atoms with Crippen LogP contribution in [0.1, 0.15) is 162 Å². The van der Waals surface area contributed by atoms with Crippen molar-refractivity contribution in [2.45, 2.75) is 82.5 Å². The number of hydrogen-bond acceptors (Lipinski definition) is 6. The molecule has 0 unspecified atom stereocenters. The highest BCUT2D eigenvalue weighted by Gasteiger charge is 2.82. The summed E-state index contributed by atoms with van der Waals surface area (Å²) in [6, 6.07) is 25.4. The Kier molecular flexibility index (Phi) is 7.21. The molecule has 6 aromatic carbocycles. The van der Waals surface area contributed by atoms with E-state index in [2.05, 4.69) is 64.1 Å². The molecule has 0 radical (unpaired) electrons. The van der Waals surface area contributed by atoms with E-state index in [9.17, 15) is 28.8 Å². The Labute approximate surface area is 358 Å². The molecular weight excluding hydrogens is 769 g/mol. The van der Waals surface area contributed by atoms with E-state index in [0.29, 0.717) is 33.4 Å². The van der Waals surface area contributed by atoms with Crippen molar-refractivity contribution >= 4 is 67.0 Å². The van der Waals surface area contributed by atoms with Gasteiger partial charge in [0.25, 0.3) is 0 Å². The molecule has 6 aliphatic carbocycles. The van der Waals surface area contributed by atoms with Gasteiger partial charge >= 0.3 is 0 Å². The number of allylic oxidation sites excluding steroid dienone is 6. The van der Waals surface area contributed by atoms with Crippen LogP contribution in [-0.4, -0.2) is 34.7 Å². The maximum Gasteiger partial charge on any atom is 0.186 e. The van der Waals surface area contributed by atoms with Gasteiger partial charge in [-0.1, -0.05) is 47.0 Å². The van der Waals surface area contributed by atoms with Crippen molar-refractivity contribution in [3.8, 4) is 0 Å². The van der Waals surface area contributed by atoms with Crippen molar-refractivity contribution in [1.29, 1.82) is 0 Å². The molecule has 6 aliphatic rings. The van der Waals surface area contributed by atoms with Crippen molar-refractivity contribution in [2.75, 3.05) is 0 Å². The van der Waals surface area contributed by atoms with E-state index in [4.69, 9.17) is 0 Å². The molecule has 0 heterocycles. The van der Waals surface area contributed by atoms with E-state index < -0.39 is 21.7 Å². The number of ketones is 6. The molecule has 0 bridgehead atoms. The van der Waals surface area contributed by atoms with Crippen LogP contribution >= 0.6 is 0 Å². The van der Waals surface area contributed by atoms with Crippen LogP contribution in [0, 0.1) is 5.41 Å². The number of hydrogen-bond donors (Lipinski definition) is 0. The lowest BCUT2D eigenvalue weighted by molar-refractivity contribution is 0.0541. The first-order chi connectivity index (χ1) is 29.9. The first-order valence-corrected chi connectivity index (χ1v) is 22.1. The topological polar surface area (TPSA) is 102 Å². The summed E-state index contributed by atoms with van der Waals surface area (Å²) in [6.45, 7) is 9.28. The largest absolute Gasteiger partial charge is 0.289 e. The molecule has 62 heavy (non-hydrogen) atoms. The van der Waals surface area contributed by atoms with Crippen LogP contribution in [0.25, 0.3) is 32.3 Å². The molecule has 6 nitrogen and oxygen atoms in total. The van der Waals surface area contributed by atoms with Crippen molar-refractivity contribution in [1.82, 2.24) is 0 Å². The molecule has 0 saturated heterocycles. The molecule has 302 valence electrons. The zero-order chi connectivity index (χ0) is 42.8. The summed E-state index contributed by atoms with van der Waals surface area (Å²) in [5.41, 5.74) is 7.64. The Morgan fingerprint density at radius 3 is 0.645 bits per heavy atom. The van der Waals surface area contributed by atoms with Gasteiger partial charge in [0.2, 0.25) is 0 Å². The smallest absolute Gasteiger partial charge is 0.186 e. The Morgan fingerprint density at radius 1 is 0.306 bits per heavy atom. The molecule has 6 aromatic rings. The highest BCUT2D eigenvalue weighted by atomic mass is 16.2. The minimum atomic E-state index is -0.565. The van der Waals surface area contributed by atoms with Crippen LogP contribution in [0.2, 0.25) is 0 Å². The van der Waals surface area contributed by atoms with Gasteiger partial charge in [-0.3, -0.25) is 28.8 Å². The van der Waals surface area contributed by atoms with Crippen LogP contribution in [0.4, 0.5) is 0 Å². The van der Waals surface area contributed by atoms with E-state index >= 15 is 0 Å². The summed E-state index contributed by atoms with van der Waals surface area (Å²) in [5.74, 6) is -1.08. The summed E-state index contributed by atoms with van der Waals surface area (Å²) in [7, 11) is 0. The van der Waals surface area contributed by atoms with Crippen LogP contribution in [0.15, 0.2) is 109 Å². The van der Waals surface area contributed by atoms with Crippen molar-refractivity contribution in [2.24, 2.45) is 5.41 Å². The zero-order valence-electron chi connectivity index (χ0n) is 35.1. The fraction of sp³-hybridized carbons (Fsp3) is 0.250. The van der Waals surface area contributed by atoms with Gasteiger partial charge in [0.1, 0.15) is 0 Å². The summed E-state index contributed by atoms with van der Waals surface area (Å²) in [5, 5.41) is 5.45. The van der Waals surface area contributed by atoms with Gasteiger partial charge in [0.15, 0.2) is 34.7 Å². The van der Waals surface area contributed by atoms with E-state index in [1.807, 2.05) is 36.4 Å². The molecule has 0 aliphatic heterocycles. The van der Waals surface area contributed by atoms with E-state index in [-0.39, 0.29) is 34.7 Å². The van der Waals surface area contributed by atoms with Crippen molar-refractivity contribution in [3.63, 3.8) is 0 Å². The van der Waals surface area contributed by atoms with Gasteiger partial charge in [0, 0.05) is 55.0 Å². The van der Waals surface area contributed by atoms with E-state index in [1.54, 1.807) is 0 Å². The first-order valence-electron chi connectivity index (χ1n) is 22.1. The number of fused-ring (bicyclic) bond motifs is 15. The van der Waals surface area contributed by atoms with Gasteiger partial charge < -0.3 is 0 Å². The number of carbonyl (C=O) groups is 6. The lowest BCUT2D eigenvalue weighted by Crippen LogP contribution is -2.54. The minimum absolute atomic E-state index is 0.180. The summed E-state index contributed by atoms with van der Waals surface area (Å²) in [6.07, 6.45) is 13.3. The second kappa shape index (κ2) is 12.0. The fourth-order valence-electron chi connectivity index (χ4n) is 14.2. The first kappa shape index (κ1) is 37.1. The maximum absolute atomic E-state index is 13.3. The zero-order valence-corrected chi connectivity index (χ0v) is 35.1. The molecule has 6 heteroatoms. The molecule has 12 rings (SSSR count). The average molecular weight is 811 g/mol. The van der Waals surface area contributed by atoms with Crippen LogP contribution in [-0.2, 0) is 16.2 Å². The standard InChI is InChI=1S/C56H42O6/c1-5-14-54-41-23-29-17-35-37(49(59)10-8-47(35)57)19-31(29)25-43(41)55(15-6-2)45-27-33-21-39-40(52(62)13-12-51(39)61)22-34(33)28-46(45)56(16-7-3,53(54,55)4)44-26-32-20-38-36(18-30(32)24-42(44)54)48(58)9-11-50(38)60/h8-13,17-28H,5-7,14-16H2,1-4H3. The predicted molar refractivity (Wildman–Crippen MR) is 240 cm³/mol. The van der Waals surface area contributed by atoms with Crippen LogP contribution < -0.4 is 0 Å². The van der Waals surface area contributed by atoms with E-state index in [0.717, 1.165) is 70.8 Å². The van der Waals surface area contributed by atoms with Gasteiger partial charge in [-0.25, -0.2) is 0 Å². The Hall–Kier alpha value is -6.66. The quantitative estimate of drug-likeness (QED) is 0.166. The van der Waals surface area contributed by atoms with Crippen LogP contribution in [0.3, 0.4) is 0 Å². The highest BCUT2D eigenvalue weighted by Crippen LogP contribution is 2.85. The molecule has 0 N–H and O–H groups in total. The summed E-state index contributed by atoms with van der Waals surface area (Å²) >= 11 is 0. The highest BCUT2D eigenvalue weighted by molar-refractivity contribution is 6.25. The number of benzene rings is 6. The maximum atomic E-state index is 13.3. The molecule has 0 aromatic heterocycles. The minimum Gasteiger partial charge on any atom is -0.289 e.